The topological polar surface area (TPSA) is 108 Å². The van der Waals surface area contributed by atoms with Crippen molar-refractivity contribution in [1.82, 2.24) is 20.0 Å². The number of rotatable bonds is 4. The fraction of sp³-hybridized carbons (Fsp3) is 0.583. The number of hydrogen-bond acceptors (Lipinski definition) is 4. The predicted molar refractivity (Wildman–Crippen MR) is 69.0 cm³/mol. The molecular formula is C12H18N4O4. The highest BCUT2D eigenvalue weighted by Crippen LogP contribution is 2.18. The van der Waals surface area contributed by atoms with Crippen molar-refractivity contribution in [1.29, 1.82) is 0 Å². The molecule has 2 heterocycles. The lowest BCUT2D eigenvalue weighted by Crippen LogP contribution is -2.49. The van der Waals surface area contributed by atoms with Gasteiger partial charge in [-0.15, -0.1) is 0 Å². The Morgan fingerprint density at radius 2 is 2.30 bits per heavy atom. The molecule has 0 radical (unpaired) electrons. The molecule has 0 spiro atoms. The van der Waals surface area contributed by atoms with Crippen LogP contribution in [0.5, 0.6) is 0 Å². The highest BCUT2D eigenvalue weighted by atomic mass is 16.4. The number of carbonyl (C=O) groups is 2. The lowest BCUT2D eigenvalue weighted by molar-refractivity contribution is -0.141. The van der Waals surface area contributed by atoms with E-state index in [-0.39, 0.29) is 19.0 Å². The van der Waals surface area contributed by atoms with Crippen LogP contribution in [0.4, 0.5) is 4.79 Å². The second kappa shape index (κ2) is 5.91. The van der Waals surface area contributed by atoms with Gasteiger partial charge in [0, 0.05) is 31.4 Å². The van der Waals surface area contributed by atoms with Crippen molar-refractivity contribution in [2.24, 2.45) is 0 Å². The lowest BCUT2D eigenvalue weighted by atomic mass is 10.2. The average Bonchev–Trinajstić information content (AvgIpc) is 2.97. The Labute approximate surface area is 116 Å². The number of aliphatic hydroxyl groups excluding tert-OH is 1. The molecule has 110 valence electrons. The van der Waals surface area contributed by atoms with Gasteiger partial charge in [0.1, 0.15) is 6.04 Å². The molecule has 0 saturated carbocycles. The minimum atomic E-state index is -1.10. The number of aromatic nitrogens is 2. The Morgan fingerprint density at radius 3 is 2.90 bits per heavy atom. The van der Waals surface area contributed by atoms with Crippen molar-refractivity contribution in [3.63, 3.8) is 0 Å². The predicted octanol–water partition coefficient (Wildman–Crippen LogP) is -0.499. The fourth-order valence-corrected chi connectivity index (χ4v) is 2.30. The van der Waals surface area contributed by atoms with E-state index >= 15 is 0 Å². The van der Waals surface area contributed by atoms with E-state index in [0.717, 1.165) is 4.90 Å². The number of carboxylic acid groups (broad SMARTS) is 1. The maximum Gasteiger partial charge on any atom is 0.326 e. The van der Waals surface area contributed by atoms with E-state index in [1.165, 1.54) is 0 Å². The van der Waals surface area contributed by atoms with Gasteiger partial charge in [-0.05, 0) is 13.0 Å². The van der Waals surface area contributed by atoms with Crippen LogP contribution in [0.3, 0.4) is 0 Å². The number of aliphatic hydroxyl groups is 1. The first-order valence-electron chi connectivity index (χ1n) is 6.43. The molecular weight excluding hydrogens is 264 g/mol. The summed E-state index contributed by atoms with van der Waals surface area (Å²) in [5, 5.41) is 25.3. The van der Waals surface area contributed by atoms with Gasteiger partial charge in [0.05, 0.1) is 12.6 Å². The van der Waals surface area contributed by atoms with E-state index in [1.54, 1.807) is 23.1 Å². The van der Waals surface area contributed by atoms with Crippen molar-refractivity contribution in [2.75, 3.05) is 6.54 Å². The van der Waals surface area contributed by atoms with E-state index in [9.17, 15) is 14.7 Å². The SMILES string of the molecule is CC(Cn1cccn1)NC(=O)N1C[C@H](O)C[C@H]1C(=O)O. The number of β-amino-alcohol motifs (C(OH)–C–C–N with tert-alkyl or cyclic N) is 1. The zero-order valence-corrected chi connectivity index (χ0v) is 11.1. The molecule has 1 aromatic rings. The summed E-state index contributed by atoms with van der Waals surface area (Å²) in [6.07, 6.45) is 2.70. The molecule has 1 aromatic heterocycles. The molecule has 1 fully saturated rings. The van der Waals surface area contributed by atoms with Crippen LogP contribution in [0.25, 0.3) is 0 Å². The molecule has 3 atom stereocenters. The highest BCUT2D eigenvalue weighted by molar-refractivity contribution is 5.83. The third kappa shape index (κ3) is 3.27. The highest BCUT2D eigenvalue weighted by Gasteiger charge is 2.39. The van der Waals surface area contributed by atoms with Crippen LogP contribution < -0.4 is 5.32 Å². The molecule has 0 aromatic carbocycles. The monoisotopic (exact) mass is 282 g/mol. The standard InChI is InChI=1S/C12H18N4O4/c1-8(6-15-4-2-3-13-15)14-12(20)16-7-9(17)5-10(16)11(18)19/h2-4,8-10,17H,5-7H2,1H3,(H,14,20)(H,18,19)/t8?,9-,10+/m1/s1. The number of carboxylic acids is 1. The van der Waals surface area contributed by atoms with Crippen LogP contribution in [0, 0.1) is 0 Å². The van der Waals surface area contributed by atoms with Crippen LogP contribution >= 0.6 is 0 Å². The zero-order valence-electron chi connectivity index (χ0n) is 11.1. The second-order valence-corrected chi connectivity index (χ2v) is 4.97. The number of nitrogens with one attached hydrogen (secondary N) is 1. The average molecular weight is 282 g/mol. The van der Waals surface area contributed by atoms with Gasteiger partial charge in [-0.1, -0.05) is 0 Å². The minimum absolute atomic E-state index is 0.0390. The number of amides is 2. The molecule has 3 N–H and O–H groups in total. The Bertz CT molecular complexity index is 476. The molecule has 2 rings (SSSR count). The van der Waals surface area contributed by atoms with Gasteiger partial charge in [0.25, 0.3) is 0 Å². The van der Waals surface area contributed by atoms with Crippen molar-refractivity contribution in [3.8, 4) is 0 Å². The van der Waals surface area contributed by atoms with Gasteiger partial charge < -0.3 is 20.4 Å². The number of nitrogens with zero attached hydrogens (tertiary/aromatic N) is 3. The number of aliphatic carboxylic acids is 1. The Balaban J connectivity index is 1.92. The van der Waals surface area contributed by atoms with Gasteiger partial charge in [0.15, 0.2) is 0 Å². The van der Waals surface area contributed by atoms with Gasteiger partial charge in [-0.3, -0.25) is 4.68 Å². The second-order valence-electron chi connectivity index (χ2n) is 4.97. The fourth-order valence-electron chi connectivity index (χ4n) is 2.30. The molecule has 1 aliphatic rings. The summed E-state index contributed by atoms with van der Waals surface area (Å²) in [6, 6.07) is 0.136. The molecule has 8 nitrogen and oxygen atoms in total. The Morgan fingerprint density at radius 1 is 1.55 bits per heavy atom. The van der Waals surface area contributed by atoms with E-state index in [2.05, 4.69) is 10.4 Å². The first-order chi connectivity index (χ1) is 9.47. The molecule has 1 aliphatic heterocycles. The summed E-state index contributed by atoms with van der Waals surface area (Å²) in [6.45, 7) is 2.34. The van der Waals surface area contributed by atoms with Gasteiger partial charge in [-0.2, -0.15) is 5.10 Å². The molecule has 0 aliphatic carbocycles. The maximum absolute atomic E-state index is 12.1. The molecule has 8 heteroatoms. The van der Waals surface area contributed by atoms with E-state index in [4.69, 9.17) is 5.11 Å². The van der Waals surface area contributed by atoms with Crippen molar-refractivity contribution >= 4 is 12.0 Å². The first kappa shape index (κ1) is 14.3. The van der Waals surface area contributed by atoms with Gasteiger partial charge >= 0.3 is 12.0 Å². The van der Waals surface area contributed by atoms with E-state index in [0.29, 0.717) is 6.54 Å². The van der Waals surface area contributed by atoms with Crippen LogP contribution in [0.1, 0.15) is 13.3 Å². The number of carbonyl (C=O) groups excluding carboxylic acids is 1. The number of hydrogen-bond donors (Lipinski definition) is 3. The lowest BCUT2D eigenvalue weighted by Gasteiger charge is -2.24. The molecule has 20 heavy (non-hydrogen) atoms. The Hall–Kier alpha value is -2.09. The largest absolute Gasteiger partial charge is 0.480 e. The zero-order chi connectivity index (χ0) is 14.7. The molecule has 2 amide bonds. The smallest absolute Gasteiger partial charge is 0.326 e. The summed E-state index contributed by atoms with van der Waals surface area (Å²) >= 11 is 0. The van der Waals surface area contributed by atoms with Crippen molar-refractivity contribution < 1.29 is 19.8 Å². The molecule has 1 unspecified atom stereocenters. The van der Waals surface area contributed by atoms with Crippen molar-refractivity contribution in [3.05, 3.63) is 18.5 Å². The van der Waals surface area contributed by atoms with Crippen LogP contribution in [0.2, 0.25) is 0 Å². The molecule has 1 saturated heterocycles. The van der Waals surface area contributed by atoms with Crippen LogP contribution in [0.15, 0.2) is 18.5 Å². The Kier molecular flexibility index (Phi) is 4.23. The summed E-state index contributed by atoms with van der Waals surface area (Å²) < 4.78 is 1.68. The van der Waals surface area contributed by atoms with Crippen LogP contribution in [-0.2, 0) is 11.3 Å². The molecule has 0 bridgehead atoms. The van der Waals surface area contributed by atoms with Crippen LogP contribution in [-0.4, -0.2) is 61.6 Å². The summed E-state index contributed by atoms with van der Waals surface area (Å²) in [5.41, 5.74) is 0. The summed E-state index contributed by atoms with van der Waals surface area (Å²) in [7, 11) is 0. The van der Waals surface area contributed by atoms with E-state index < -0.39 is 24.1 Å². The van der Waals surface area contributed by atoms with Gasteiger partial charge in [0.2, 0.25) is 0 Å². The van der Waals surface area contributed by atoms with Crippen molar-refractivity contribution in [2.45, 2.75) is 38.1 Å². The quantitative estimate of drug-likeness (QED) is 0.690. The van der Waals surface area contributed by atoms with E-state index in [1.807, 2.05) is 6.92 Å². The summed E-state index contributed by atoms with van der Waals surface area (Å²) in [5.74, 6) is -1.10. The maximum atomic E-state index is 12.1. The number of urea groups is 1. The normalized spacial score (nSPS) is 23.6. The first-order valence-corrected chi connectivity index (χ1v) is 6.43. The third-order valence-electron chi connectivity index (χ3n) is 3.21. The van der Waals surface area contributed by atoms with Gasteiger partial charge in [-0.25, -0.2) is 9.59 Å². The number of likely N-dealkylation sites (tertiary alicyclic amines) is 1. The minimum Gasteiger partial charge on any atom is -0.480 e. The summed E-state index contributed by atoms with van der Waals surface area (Å²) in [4.78, 5) is 24.3. The third-order valence-corrected chi connectivity index (χ3v) is 3.21.